The van der Waals surface area contributed by atoms with E-state index in [0.29, 0.717) is 29.2 Å². The van der Waals surface area contributed by atoms with Crippen LogP contribution in [0.25, 0.3) is 11.1 Å². The molecular formula is C26H23FO4. The maximum absolute atomic E-state index is 14.0. The van der Waals surface area contributed by atoms with Crippen LogP contribution in [0.4, 0.5) is 4.39 Å². The second-order valence-electron chi connectivity index (χ2n) is 8.05. The number of Topliss-reactive ketones (excluding diaryl/α,β-unsaturated/α-hetero) is 1. The van der Waals surface area contributed by atoms with Gasteiger partial charge in [0.05, 0.1) is 5.56 Å². The van der Waals surface area contributed by atoms with Crippen LogP contribution in [0.5, 0.6) is 11.5 Å². The van der Waals surface area contributed by atoms with Crippen LogP contribution in [-0.4, -0.2) is 16.9 Å². The standard InChI is InChI=1S/C26H23FO4/c1-16(28)13-23(17-5-6-17)19-3-2-4-20(14-19)26(30)31-22-10-7-18(8-11-22)24-15-21(29)9-12-25(24)27/h2-4,7-12,14-15,17,23,29H,5-6,13H2,1H3/t23-/m0/s1. The van der Waals surface area contributed by atoms with Crippen molar-refractivity contribution in [2.24, 2.45) is 5.92 Å². The lowest BCUT2D eigenvalue weighted by Crippen LogP contribution is -2.11. The fourth-order valence-electron chi connectivity index (χ4n) is 3.86. The van der Waals surface area contributed by atoms with Crippen LogP contribution in [0.3, 0.4) is 0 Å². The van der Waals surface area contributed by atoms with Crippen molar-refractivity contribution in [2.45, 2.75) is 32.1 Å². The molecule has 0 aromatic heterocycles. The monoisotopic (exact) mass is 418 g/mol. The summed E-state index contributed by atoms with van der Waals surface area (Å²) in [5, 5.41) is 9.59. The molecule has 31 heavy (non-hydrogen) atoms. The molecule has 4 nitrogen and oxygen atoms in total. The predicted octanol–water partition coefficient (Wildman–Crippen LogP) is 5.89. The molecule has 0 aliphatic heterocycles. The smallest absolute Gasteiger partial charge is 0.343 e. The highest BCUT2D eigenvalue weighted by molar-refractivity contribution is 5.91. The van der Waals surface area contributed by atoms with E-state index in [1.54, 1.807) is 37.3 Å². The molecule has 1 fully saturated rings. The van der Waals surface area contributed by atoms with Gasteiger partial charge in [0.2, 0.25) is 0 Å². The number of ketones is 1. The van der Waals surface area contributed by atoms with E-state index in [2.05, 4.69) is 0 Å². The van der Waals surface area contributed by atoms with Crippen LogP contribution < -0.4 is 4.74 Å². The summed E-state index contributed by atoms with van der Waals surface area (Å²) in [7, 11) is 0. The Morgan fingerprint density at radius 2 is 1.81 bits per heavy atom. The van der Waals surface area contributed by atoms with Crippen molar-refractivity contribution in [3.63, 3.8) is 0 Å². The lowest BCUT2D eigenvalue weighted by atomic mass is 9.89. The van der Waals surface area contributed by atoms with Crippen LogP contribution in [0.2, 0.25) is 0 Å². The average molecular weight is 418 g/mol. The molecule has 0 unspecified atom stereocenters. The second kappa shape index (κ2) is 8.72. The van der Waals surface area contributed by atoms with Gasteiger partial charge in [-0.15, -0.1) is 0 Å². The number of hydrogen-bond donors (Lipinski definition) is 1. The van der Waals surface area contributed by atoms with Crippen molar-refractivity contribution < 1.29 is 23.8 Å². The Kier molecular flexibility index (Phi) is 5.85. The van der Waals surface area contributed by atoms with E-state index in [4.69, 9.17) is 4.74 Å². The van der Waals surface area contributed by atoms with Crippen molar-refractivity contribution in [3.05, 3.63) is 83.7 Å². The first kappa shape index (κ1) is 20.8. The SMILES string of the molecule is CC(=O)C[C@H](c1cccc(C(=O)Oc2ccc(-c3cc(O)ccc3F)cc2)c1)C1CC1. The first-order valence-electron chi connectivity index (χ1n) is 10.3. The fourth-order valence-corrected chi connectivity index (χ4v) is 3.86. The zero-order valence-electron chi connectivity index (χ0n) is 17.2. The van der Waals surface area contributed by atoms with Gasteiger partial charge in [0.15, 0.2) is 0 Å². The van der Waals surface area contributed by atoms with Crippen molar-refractivity contribution in [2.75, 3.05) is 0 Å². The Labute approximate surface area is 180 Å². The van der Waals surface area contributed by atoms with Gasteiger partial charge in [-0.25, -0.2) is 9.18 Å². The molecule has 3 aromatic carbocycles. The van der Waals surface area contributed by atoms with Crippen LogP contribution in [0.15, 0.2) is 66.7 Å². The number of esters is 1. The molecule has 0 heterocycles. The number of phenols is 1. The summed E-state index contributed by atoms with van der Waals surface area (Å²) in [6.07, 6.45) is 2.70. The number of halogens is 1. The summed E-state index contributed by atoms with van der Waals surface area (Å²) in [6.45, 7) is 1.60. The van der Waals surface area contributed by atoms with Gasteiger partial charge in [-0.05, 0) is 85.2 Å². The summed E-state index contributed by atoms with van der Waals surface area (Å²) >= 11 is 0. The molecule has 0 amide bonds. The van der Waals surface area contributed by atoms with Gasteiger partial charge in [-0.1, -0.05) is 24.3 Å². The summed E-state index contributed by atoms with van der Waals surface area (Å²) in [5.41, 5.74) is 2.24. The lowest BCUT2D eigenvalue weighted by molar-refractivity contribution is -0.117. The Bertz CT molecular complexity index is 1120. The maximum Gasteiger partial charge on any atom is 0.343 e. The van der Waals surface area contributed by atoms with E-state index >= 15 is 0 Å². The molecular weight excluding hydrogens is 395 g/mol. The minimum Gasteiger partial charge on any atom is -0.508 e. The number of carbonyl (C=O) groups excluding carboxylic acids is 2. The van der Waals surface area contributed by atoms with E-state index in [9.17, 15) is 19.1 Å². The van der Waals surface area contributed by atoms with E-state index in [-0.39, 0.29) is 23.0 Å². The minimum absolute atomic E-state index is 0.0268. The molecule has 0 bridgehead atoms. The molecule has 1 atom stereocenters. The van der Waals surface area contributed by atoms with Gasteiger partial charge >= 0.3 is 5.97 Å². The molecule has 1 N–H and O–H groups in total. The highest BCUT2D eigenvalue weighted by atomic mass is 19.1. The summed E-state index contributed by atoms with van der Waals surface area (Å²) in [6, 6.07) is 17.5. The molecule has 0 radical (unpaired) electrons. The Morgan fingerprint density at radius 3 is 2.48 bits per heavy atom. The number of hydrogen-bond acceptors (Lipinski definition) is 4. The third-order valence-electron chi connectivity index (χ3n) is 5.57. The third-order valence-corrected chi connectivity index (χ3v) is 5.57. The van der Waals surface area contributed by atoms with Crippen LogP contribution in [-0.2, 0) is 4.79 Å². The fraction of sp³-hybridized carbons (Fsp3) is 0.231. The van der Waals surface area contributed by atoms with E-state index in [1.165, 1.54) is 18.2 Å². The van der Waals surface area contributed by atoms with Crippen molar-refractivity contribution in [1.82, 2.24) is 0 Å². The van der Waals surface area contributed by atoms with Gasteiger partial charge in [0.1, 0.15) is 23.1 Å². The number of phenolic OH excluding ortho intramolecular Hbond substituents is 1. The quantitative estimate of drug-likeness (QED) is 0.384. The van der Waals surface area contributed by atoms with Crippen molar-refractivity contribution >= 4 is 11.8 Å². The van der Waals surface area contributed by atoms with Gasteiger partial charge < -0.3 is 14.6 Å². The lowest BCUT2D eigenvalue weighted by Gasteiger charge is -2.16. The Balaban J connectivity index is 1.49. The maximum atomic E-state index is 14.0. The zero-order chi connectivity index (χ0) is 22.0. The first-order chi connectivity index (χ1) is 14.9. The highest BCUT2D eigenvalue weighted by Gasteiger charge is 2.33. The summed E-state index contributed by atoms with van der Waals surface area (Å²) in [5.74, 6) is 0.157. The number of benzene rings is 3. The first-order valence-corrected chi connectivity index (χ1v) is 10.3. The molecule has 1 aliphatic carbocycles. The molecule has 3 aromatic rings. The number of rotatable bonds is 7. The van der Waals surface area contributed by atoms with E-state index < -0.39 is 11.8 Å². The number of carbonyl (C=O) groups is 2. The van der Waals surface area contributed by atoms with Gasteiger partial charge in [-0.3, -0.25) is 0 Å². The zero-order valence-corrected chi connectivity index (χ0v) is 17.2. The van der Waals surface area contributed by atoms with Crippen molar-refractivity contribution in [3.8, 4) is 22.6 Å². The Hall–Kier alpha value is -3.47. The normalized spacial score (nSPS) is 14.1. The molecule has 1 saturated carbocycles. The predicted molar refractivity (Wildman–Crippen MR) is 116 cm³/mol. The van der Waals surface area contributed by atoms with Crippen LogP contribution in [0.1, 0.15) is 48.0 Å². The summed E-state index contributed by atoms with van der Waals surface area (Å²) in [4.78, 5) is 24.3. The molecule has 0 saturated heterocycles. The topological polar surface area (TPSA) is 63.6 Å². The van der Waals surface area contributed by atoms with Crippen LogP contribution >= 0.6 is 0 Å². The average Bonchev–Trinajstić information content (AvgIpc) is 3.59. The third kappa shape index (κ3) is 5.00. The molecule has 0 spiro atoms. The molecule has 158 valence electrons. The van der Waals surface area contributed by atoms with Gasteiger partial charge in [0.25, 0.3) is 0 Å². The molecule has 5 heteroatoms. The number of aromatic hydroxyl groups is 1. The van der Waals surface area contributed by atoms with E-state index in [0.717, 1.165) is 18.4 Å². The highest BCUT2D eigenvalue weighted by Crippen LogP contribution is 2.44. The van der Waals surface area contributed by atoms with Crippen molar-refractivity contribution in [1.29, 1.82) is 0 Å². The van der Waals surface area contributed by atoms with Gasteiger partial charge in [0, 0.05) is 12.0 Å². The second-order valence-corrected chi connectivity index (χ2v) is 8.05. The minimum atomic E-state index is -0.490. The van der Waals surface area contributed by atoms with E-state index in [1.807, 2.05) is 18.2 Å². The summed E-state index contributed by atoms with van der Waals surface area (Å²) < 4.78 is 19.5. The number of ether oxygens (including phenoxy) is 1. The largest absolute Gasteiger partial charge is 0.508 e. The molecule has 4 rings (SSSR count). The Morgan fingerprint density at radius 1 is 1.06 bits per heavy atom. The molecule has 1 aliphatic rings. The van der Waals surface area contributed by atoms with Crippen LogP contribution in [0, 0.1) is 11.7 Å². The van der Waals surface area contributed by atoms with Gasteiger partial charge in [-0.2, -0.15) is 0 Å².